The second kappa shape index (κ2) is 5.25. The van der Waals surface area contributed by atoms with Gasteiger partial charge in [0.05, 0.1) is 0 Å². The molecule has 2 heterocycles. The van der Waals surface area contributed by atoms with Crippen molar-refractivity contribution in [1.82, 2.24) is 15.6 Å². The zero-order chi connectivity index (χ0) is 11.4. The molecular weight excluding hydrogens is 218 g/mol. The van der Waals surface area contributed by atoms with Crippen LogP contribution < -0.4 is 10.6 Å². The summed E-state index contributed by atoms with van der Waals surface area (Å²) in [4.78, 5) is 5.66. The van der Waals surface area contributed by atoms with Crippen LogP contribution in [0.5, 0.6) is 0 Å². The van der Waals surface area contributed by atoms with E-state index in [2.05, 4.69) is 29.5 Å². The Balaban J connectivity index is 1.78. The molecule has 0 bridgehead atoms. The molecule has 1 atom stereocenters. The summed E-state index contributed by atoms with van der Waals surface area (Å²) in [6.07, 6.45) is 5.77. The molecule has 0 spiro atoms. The smallest absolute Gasteiger partial charge is 0.107 e. The quantitative estimate of drug-likeness (QED) is 0.826. The van der Waals surface area contributed by atoms with Crippen LogP contribution in [0.4, 0.5) is 0 Å². The first-order chi connectivity index (χ1) is 7.74. The van der Waals surface area contributed by atoms with Crippen LogP contribution in [0.3, 0.4) is 0 Å². The standard InChI is InChI=1S/C12H21N3S/c1-3-12(5-4-6-15-12)9-13-8-11-14-7-10(2)16-11/h7,13,15H,3-6,8-9H2,1-2H3. The van der Waals surface area contributed by atoms with E-state index in [-0.39, 0.29) is 0 Å². The van der Waals surface area contributed by atoms with Crippen molar-refractivity contribution in [3.63, 3.8) is 0 Å². The van der Waals surface area contributed by atoms with Crippen molar-refractivity contribution in [2.24, 2.45) is 0 Å². The first-order valence-corrected chi connectivity index (χ1v) is 6.93. The van der Waals surface area contributed by atoms with Gasteiger partial charge in [0.25, 0.3) is 0 Å². The monoisotopic (exact) mass is 239 g/mol. The third kappa shape index (κ3) is 2.81. The van der Waals surface area contributed by atoms with Crippen LogP contribution in [0.1, 0.15) is 36.1 Å². The number of aryl methyl sites for hydroxylation is 1. The molecule has 1 aromatic rings. The van der Waals surface area contributed by atoms with Gasteiger partial charge in [-0.05, 0) is 32.7 Å². The minimum atomic E-state index is 0.340. The summed E-state index contributed by atoms with van der Waals surface area (Å²) >= 11 is 1.78. The molecule has 0 amide bonds. The maximum Gasteiger partial charge on any atom is 0.107 e. The average molecular weight is 239 g/mol. The fourth-order valence-corrected chi connectivity index (χ4v) is 3.09. The number of nitrogens with zero attached hydrogens (tertiary/aromatic N) is 1. The van der Waals surface area contributed by atoms with Gasteiger partial charge in [0, 0.05) is 29.7 Å². The van der Waals surface area contributed by atoms with Gasteiger partial charge in [-0.15, -0.1) is 11.3 Å². The predicted molar refractivity (Wildman–Crippen MR) is 68.8 cm³/mol. The molecule has 0 aromatic carbocycles. The van der Waals surface area contributed by atoms with Crippen LogP contribution in [0.15, 0.2) is 6.20 Å². The molecule has 2 rings (SSSR count). The lowest BCUT2D eigenvalue weighted by Crippen LogP contribution is -2.47. The van der Waals surface area contributed by atoms with Crippen LogP contribution in [-0.2, 0) is 6.54 Å². The highest BCUT2D eigenvalue weighted by atomic mass is 32.1. The topological polar surface area (TPSA) is 37.0 Å². The van der Waals surface area contributed by atoms with Gasteiger partial charge >= 0.3 is 0 Å². The molecule has 4 heteroatoms. The highest BCUT2D eigenvalue weighted by molar-refractivity contribution is 7.11. The van der Waals surface area contributed by atoms with Gasteiger partial charge in [0.1, 0.15) is 5.01 Å². The van der Waals surface area contributed by atoms with Gasteiger partial charge in [0.15, 0.2) is 0 Å². The van der Waals surface area contributed by atoms with Crippen LogP contribution in [-0.4, -0.2) is 23.6 Å². The van der Waals surface area contributed by atoms with E-state index in [1.54, 1.807) is 11.3 Å². The Morgan fingerprint density at radius 2 is 2.50 bits per heavy atom. The van der Waals surface area contributed by atoms with Gasteiger partial charge in [-0.3, -0.25) is 0 Å². The van der Waals surface area contributed by atoms with Gasteiger partial charge in [0.2, 0.25) is 0 Å². The first kappa shape index (κ1) is 12.0. The molecule has 0 radical (unpaired) electrons. The van der Waals surface area contributed by atoms with Crippen molar-refractivity contribution in [3.8, 4) is 0 Å². The molecular formula is C12H21N3S. The SMILES string of the molecule is CCC1(CNCc2ncc(C)s2)CCCN1. The molecule has 3 nitrogen and oxygen atoms in total. The summed E-state index contributed by atoms with van der Waals surface area (Å²) in [5.41, 5.74) is 0.340. The van der Waals surface area contributed by atoms with Crippen LogP contribution in [0.2, 0.25) is 0 Å². The Hall–Kier alpha value is -0.450. The van der Waals surface area contributed by atoms with E-state index in [9.17, 15) is 0 Å². The summed E-state index contributed by atoms with van der Waals surface area (Å²) < 4.78 is 0. The van der Waals surface area contributed by atoms with E-state index in [4.69, 9.17) is 0 Å². The van der Waals surface area contributed by atoms with E-state index in [1.165, 1.54) is 35.7 Å². The Morgan fingerprint density at radius 3 is 3.06 bits per heavy atom. The number of nitrogens with one attached hydrogen (secondary N) is 2. The van der Waals surface area contributed by atoms with Crippen molar-refractivity contribution in [2.45, 2.75) is 45.2 Å². The number of hydrogen-bond donors (Lipinski definition) is 2. The second-order valence-corrected chi connectivity index (χ2v) is 5.95. The molecule has 1 aromatic heterocycles. The van der Waals surface area contributed by atoms with E-state index in [0.29, 0.717) is 5.54 Å². The third-order valence-electron chi connectivity index (χ3n) is 3.42. The third-order valence-corrected chi connectivity index (χ3v) is 4.33. The molecule has 1 aliphatic heterocycles. The van der Waals surface area contributed by atoms with Gasteiger partial charge in [-0.1, -0.05) is 6.92 Å². The van der Waals surface area contributed by atoms with E-state index < -0.39 is 0 Å². The lowest BCUT2D eigenvalue weighted by molar-refractivity contribution is 0.340. The van der Waals surface area contributed by atoms with Crippen molar-refractivity contribution in [1.29, 1.82) is 0 Å². The van der Waals surface area contributed by atoms with Crippen LogP contribution in [0.25, 0.3) is 0 Å². The average Bonchev–Trinajstić information content (AvgIpc) is 2.89. The summed E-state index contributed by atoms with van der Waals surface area (Å²) in [5.74, 6) is 0. The maximum atomic E-state index is 4.36. The van der Waals surface area contributed by atoms with Crippen LogP contribution >= 0.6 is 11.3 Å². The fraction of sp³-hybridized carbons (Fsp3) is 0.750. The van der Waals surface area contributed by atoms with Crippen molar-refractivity contribution >= 4 is 11.3 Å². The molecule has 0 aliphatic carbocycles. The van der Waals surface area contributed by atoms with Crippen molar-refractivity contribution in [3.05, 3.63) is 16.1 Å². The maximum absolute atomic E-state index is 4.36. The van der Waals surface area contributed by atoms with E-state index in [0.717, 1.165) is 13.1 Å². The molecule has 1 fully saturated rings. The number of rotatable bonds is 5. The van der Waals surface area contributed by atoms with Gasteiger partial charge in [-0.25, -0.2) is 4.98 Å². The zero-order valence-corrected chi connectivity index (χ0v) is 11.0. The lowest BCUT2D eigenvalue weighted by atomic mass is 9.94. The number of hydrogen-bond acceptors (Lipinski definition) is 4. The minimum Gasteiger partial charge on any atom is -0.310 e. The fourth-order valence-electron chi connectivity index (χ4n) is 2.34. The molecule has 90 valence electrons. The van der Waals surface area contributed by atoms with Crippen molar-refractivity contribution < 1.29 is 0 Å². The number of thiazole rings is 1. The van der Waals surface area contributed by atoms with Crippen molar-refractivity contribution in [2.75, 3.05) is 13.1 Å². The highest BCUT2D eigenvalue weighted by Gasteiger charge is 2.30. The van der Waals surface area contributed by atoms with E-state index >= 15 is 0 Å². The van der Waals surface area contributed by atoms with Crippen LogP contribution in [0, 0.1) is 6.92 Å². The molecule has 0 saturated carbocycles. The number of aromatic nitrogens is 1. The zero-order valence-electron chi connectivity index (χ0n) is 10.2. The molecule has 1 aliphatic rings. The largest absolute Gasteiger partial charge is 0.310 e. The van der Waals surface area contributed by atoms with Gasteiger partial charge < -0.3 is 10.6 Å². The molecule has 1 unspecified atom stereocenters. The summed E-state index contributed by atoms with van der Waals surface area (Å²) in [6.45, 7) is 7.51. The predicted octanol–water partition coefficient (Wildman–Crippen LogP) is 2.07. The van der Waals surface area contributed by atoms with Gasteiger partial charge in [-0.2, -0.15) is 0 Å². The normalized spacial score (nSPS) is 25.1. The summed E-state index contributed by atoms with van der Waals surface area (Å²) in [6, 6.07) is 0. The highest BCUT2D eigenvalue weighted by Crippen LogP contribution is 2.22. The molecule has 2 N–H and O–H groups in total. The Kier molecular flexibility index (Phi) is 3.95. The Morgan fingerprint density at radius 1 is 1.62 bits per heavy atom. The summed E-state index contributed by atoms with van der Waals surface area (Å²) in [5, 5.41) is 8.36. The minimum absolute atomic E-state index is 0.340. The molecule has 16 heavy (non-hydrogen) atoms. The summed E-state index contributed by atoms with van der Waals surface area (Å²) in [7, 11) is 0. The Labute approximate surface area is 102 Å². The first-order valence-electron chi connectivity index (χ1n) is 6.11. The lowest BCUT2D eigenvalue weighted by Gasteiger charge is -2.28. The Bertz CT molecular complexity index is 329. The van der Waals surface area contributed by atoms with E-state index in [1.807, 2.05) is 6.20 Å². The molecule has 1 saturated heterocycles. The second-order valence-electron chi connectivity index (χ2n) is 4.63.